The zero-order chi connectivity index (χ0) is 15.5. The van der Waals surface area contributed by atoms with Gasteiger partial charge in [0.25, 0.3) is 0 Å². The Morgan fingerprint density at radius 3 is 2.36 bits per heavy atom. The smallest absolute Gasteiger partial charge is 0.242 e. The van der Waals surface area contributed by atoms with Crippen molar-refractivity contribution in [1.82, 2.24) is 5.01 Å². The van der Waals surface area contributed by atoms with Crippen molar-refractivity contribution in [3.05, 3.63) is 71.4 Å². The first-order valence-corrected chi connectivity index (χ1v) is 7.54. The van der Waals surface area contributed by atoms with Crippen molar-refractivity contribution in [1.29, 1.82) is 0 Å². The van der Waals surface area contributed by atoms with Crippen LogP contribution in [0.1, 0.15) is 24.5 Å². The minimum Gasteiger partial charge on any atom is -0.282 e. The van der Waals surface area contributed by atoms with Gasteiger partial charge in [-0.2, -0.15) is 0 Å². The number of carbonyl (C=O) groups excluding carboxylic acids is 1. The molecule has 0 radical (unpaired) electrons. The van der Waals surface area contributed by atoms with Gasteiger partial charge in [0.1, 0.15) is 0 Å². The molecule has 2 aromatic rings. The molecule has 3 rings (SSSR count). The van der Waals surface area contributed by atoms with Crippen LogP contribution in [0.5, 0.6) is 0 Å². The number of para-hydroxylation sites is 1. The van der Waals surface area contributed by atoms with Crippen LogP contribution in [0.2, 0.25) is 0 Å². The molecule has 3 heteroatoms. The van der Waals surface area contributed by atoms with E-state index in [4.69, 9.17) is 0 Å². The number of nitrogens with zero attached hydrogens (tertiary/aromatic N) is 2. The summed E-state index contributed by atoms with van der Waals surface area (Å²) in [6.07, 6.45) is 3.96. The van der Waals surface area contributed by atoms with Crippen molar-refractivity contribution in [2.45, 2.75) is 19.8 Å². The first kappa shape index (κ1) is 14.4. The lowest BCUT2D eigenvalue weighted by molar-refractivity contribution is -0.127. The zero-order valence-corrected chi connectivity index (χ0v) is 13.0. The summed E-state index contributed by atoms with van der Waals surface area (Å²) in [4.78, 5) is 12.2. The molecule has 2 aromatic carbocycles. The summed E-state index contributed by atoms with van der Waals surface area (Å²) in [5, 5.41) is 3.69. The summed E-state index contributed by atoms with van der Waals surface area (Å²) in [7, 11) is 1.93. The van der Waals surface area contributed by atoms with Gasteiger partial charge in [-0.3, -0.25) is 9.80 Å². The quantitative estimate of drug-likeness (QED) is 0.802. The number of aryl methyl sites for hydroxylation is 1. The molecule has 0 spiro atoms. The molecule has 0 saturated carbocycles. The molecule has 1 aliphatic rings. The van der Waals surface area contributed by atoms with Crippen LogP contribution in [0.3, 0.4) is 0 Å². The van der Waals surface area contributed by atoms with E-state index in [1.807, 2.05) is 48.5 Å². The van der Waals surface area contributed by atoms with Crippen molar-refractivity contribution in [2.24, 2.45) is 0 Å². The van der Waals surface area contributed by atoms with Crippen LogP contribution in [-0.2, 0) is 11.2 Å². The topological polar surface area (TPSA) is 23.6 Å². The number of anilines is 1. The summed E-state index contributed by atoms with van der Waals surface area (Å²) in [5.74, 6) is 0.0250. The highest BCUT2D eigenvalue weighted by atomic mass is 16.2. The maximum absolute atomic E-state index is 12.2. The van der Waals surface area contributed by atoms with E-state index >= 15 is 0 Å². The second-order valence-corrected chi connectivity index (χ2v) is 5.52. The number of hydrogen-bond acceptors (Lipinski definition) is 2. The Morgan fingerprint density at radius 2 is 1.64 bits per heavy atom. The second-order valence-electron chi connectivity index (χ2n) is 5.52. The minimum absolute atomic E-state index is 0.0250. The highest BCUT2D eigenvalue weighted by Gasteiger charge is 2.22. The number of benzene rings is 2. The van der Waals surface area contributed by atoms with E-state index < -0.39 is 0 Å². The average Bonchev–Trinajstić information content (AvgIpc) is 2.55. The largest absolute Gasteiger partial charge is 0.282 e. The molecule has 0 unspecified atom stereocenters. The molecule has 1 amide bonds. The Labute approximate surface area is 131 Å². The van der Waals surface area contributed by atoms with Crippen molar-refractivity contribution in [3.8, 4) is 0 Å². The maximum atomic E-state index is 12.2. The first-order valence-electron chi connectivity index (χ1n) is 7.54. The molecule has 0 aliphatic heterocycles. The normalized spacial score (nSPS) is 13.1. The van der Waals surface area contributed by atoms with Crippen LogP contribution in [-0.4, -0.2) is 18.0 Å². The van der Waals surface area contributed by atoms with E-state index in [2.05, 4.69) is 24.3 Å². The standard InChI is InChI=1S/C19H20N2O/c1-15(22)21(20(2)18-10-4-3-5-11-18)19-13-12-16-8-6-7-9-17(16)14-19/h3-11,14H,12-13H2,1-2H3. The second kappa shape index (κ2) is 6.06. The maximum Gasteiger partial charge on any atom is 0.242 e. The van der Waals surface area contributed by atoms with Gasteiger partial charge in [-0.05, 0) is 42.2 Å². The lowest BCUT2D eigenvalue weighted by atomic mass is 9.95. The Bertz CT molecular complexity index is 706. The van der Waals surface area contributed by atoms with Gasteiger partial charge in [-0.15, -0.1) is 0 Å². The summed E-state index contributed by atoms with van der Waals surface area (Å²) < 4.78 is 0. The first-order chi connectivity index (χ1) is 10.7. The highest BCUT2D eigenvalue weighted by Crippen LogP contribution is 2.28. The monoisotopic (exact) mass is 292 g/mol. The third-order valence-corrected chi connectivity index (χ3v) is 4.03. The summed E-state index contributed by atoms with van der Waals surface area (Å²) in [6, 6.07) is 18.3. The van der Waals surface area contributed by atoms with Crippen LogP contribution >= 0.6 is 0 Å². The van der Waals surface area contributed by atoms with Gasteiger partial charge in [0.05, 0.1) is 5.69 Å². The van der Waals surface area contributed by atoms with E-state index in [-0.39, 0.29) is 5.91 Å². The van der Waals surface area contributed by atoms with Gasteiger partial charge < -0.3 is 0 Å². The lowest BCUT2D eigenvalue weighted by Crippen LogP contribution is -2.43. The van der Waals surface area contributed by atoms with Gasteiger partial charge in [-0.25, -0.2) is 5.01 Å². The fraction of sp³-hybridized carbons (Fsp3) is 0.211. The lowest BCUT2D eigenvalue weighted by Gasteiger charge is -2.36. The number of allylic oxidation sites excluding steroid dienone is 1. The minimum atomic E-state index is 0.0250. The zero-order valence-electron chi connectivity index (χ0n) is 13.0. The fourth-order valence-electron chi connectivity index (χ4n) is 2.95. The molecule has 112 valence electrons. The number of hydrogen-bond donors (Lipinski definition) is 0. The Morgan fingerprint density at radius 1 is 0.955 bits per heavy atom. The molecular formula is C19H20N2O. The van der Waals surface area contributed by atoms with Crippen molar-refractivity contribution in [2.75, 3.05) is 12.1 Å². The number of amides is 1. The Balaban J connectivity index is 1.96. The van der Waals surface area contributed by atoms with Gasteiger partial charge in [0.2, 0.25) is 5.91 Å². The van der Waals surface area contributed by atoms with Crippen LogP contribution in [0.4, 0.5) is 5.69 Å². The summed E-state index contributed by atoms with van der Waals surface area (Å²) in [5.41, 5.74) is 4.59. The molecule has 0 heterocycles. The number of fused-ring (bicyclic) bond motifs is 1. The van der Waals surface area contributed by atoms with Crippen molar-refractivity contribution in [3.63, 3.8) is 0 Å². The Hall–Kier alpha value is -2.55. The van der Waals surface area contributed by atoms with Gasteiger partial charge in [0, 0.05) is 19.7 Å². The van der Waals surface area contributed by atoms with Crippen LogP contribution in [0.15, 0.2) is 60.3 Å². The van der Waals surface area contributed by atoms with Gasteiger partial charge in [-0.1, -0.05) is 42.5 Å². The van der Waals surface area contributed by atoms with Crippen LogP contribution in [0, 0.1) is 0 Å². The molecule has 0 fully saturated rings. The molecule has 1 aliphatic carbocycles. The van der Waals surface area contributed by atoms with E-state index in [0.717, 1.165) is 24.2 Å². The third kappa shape index (κ3) is 2.75. The van der Waals surface area contributed by atoms with Crippen LogP contribution in [0.25, 0.3) is 6.08 Å². The summed E-state index contributed by atoms with van der Waals surface area (Å²) in [6.45, 7) is 1.61. The number of hydrazine groups is 1. The Kier molecular flexibility index (Phi) is 3.96. The fourth-order valence-corrected chi connectivity index (χ4v) is 2.95. The third-order valence-electron chi connectivity index (χ3n) is 4.03. The molecular weight excluding hydrogens is 272 g/mol. The molecule has 0 bridgehead atoms. The van der Waals surface area contributed by atoms with E-state index in [9.17, 15) is 4.79 Å². The van der Waals surface area contributed by atoms with Crippen molar-refractivity contribution >= 4 is 17.7 Å². The average molecular weight is 292 g/mol. The summed E-state index contributed by atoms with van der Waals surface area (Å²) >= 11 is 0. The van der Waals surface area contributed by atoms with Crippen molar-refractivity contribution < 1.29 is 4.79 Å². The number of rotatable bonds is 3. The van der Waals surface area contributed by atoms with Gasteiger partial charge in [0.15, 0.2) is 0 Å². The predicted octanol–water partition coefficient (Wildman–Crippen LogP) is 3.87. The van der Waals surface area contributed by atoms with Crippen LogP contribution < -0.4 is 5.01 Å². The molecule has 22 heavy (non-hydrogen) atoms. The molecule has 3 nitrogen and oxygen atoms in total. The van der Waals surface area contributed by atoms with E-state index in [1.54, 1.807) is 11.9 Å². The highest BCUT2D eigenvalue weighted by molar-refractivity contribution is 5.79. The molecule has 0 N–H and O–H groups in total. The van der Waals surface area contributed by atoms with Gasteiger partial charge >= 0.3 is 0 Å². The molecule has 0 aromatic heterocycles. The molecule has 0 saturated heterocycles. The van der Waals surface area contributed by atoms with E-state index in [1.165, 1.54) is 11.1 Å². The number of carbonyl (C=O) groups is 1. The SMILES string of the molecule is CC(=O)N(C1=Cc2ccccc2CC1)N(C)c1ccccc1. The van der Waals surface area contributed by atoms with E-state index in [0.29, 0.717) is 0 Å². The predicted molar refractivity (Wildman–Crippen MR) is 90.1 cm³/mol. The molecule has 0 atom stereocenters.